The summed E-state index contributed by atoms with van der Waals surface area (Å²) in [4.78, 5) is 15.4. The molecule has 3 nitrogen and oxygen atoms in total. The number of carbonyl (C=O) groups excluding carboxylic acids is 1. The number of Topliss-reactive ketones (excluding diaryl/α,β-unsaturated/α-hetero) is 1. The summed E-state index contributed by atoms with van der Waals surface area (Å²) in [6.07, 6.45) is 1.93. The Morgan fingerprint density at radius 2 is 2.24 bits per heavy atom. The van der Waals surface area contributed by atoms with E-state index in [4.69, 9.17) is 5.73 Å². The molecule has 0 unspecified atom stereocenters. The molecule has 0 bridgehead atoms. The molecule has 1 aliphatic rings. The Balaban J connectivity index is 1.90. The van der Waals surface area contributed by atoms with Crippen LogP contribution < -0.4 is 5.73 Å². The van der Waals surface area contributed by atoms with Crippen molar-refractivity contribution in [2.24, 2.45) is 11.7 Å². The highest BCUT2D eigenvalue weighted by Gasteiger charge is 2.26. The van der Waals surface area contributed by atoms with E-state index in [-0.39, 0.29) is 5.92 Å². The van der Waals surface area contributed by atoms with Crippen LogP contribution in [0.3, 0.4) is 0 Å². The fourth-order valence-corrected chi connectivity index (χ4v) is 3.69. The zero-order valence-corrected chi connectivity index (χ0v) is 12.1. The zero-order chi connectivity index (χ0) is 12.3. The Kier molecular flexibility index (Phi) is 4.73. The van der Waals surface area contributed by atoms with Gasteiger partial charge in [-0.2, -0.15) is 0 Å². The van der Waals surface area contributed by atoms with E-state index in [9.17, 15) is 4.79 Å². The van der Waals surface area contributed by atoms with Crippen LogP contribution in [0.1, 0.15) is 22.5 Å². The first-order chi connectivity index (χ1) is 8.20. The van der Waals surface area contributed by atoms with E-state index in [0.717, 1.165) is 41.8 Å². The molecule has 94 valence electrons. The van der Waals surface area contributed by atoms with Crippen LogP contribution in [0.25, 0.3) is 0 Å². The third-order valence-corrected chi connectivity index (χ3v) is 4.92. The molecule has 0 spiro atoms. The molecule has 1 aromatic rings. The van der Waals surface area contributed by atoms with E-state index in [1.807, 2.05) is 11.4 Å². The highest BCUT2D eigenvalue weighted by atomic mass is 79.9. The molecule has 0 saturated carbocycles. The maximum absolute atomic E-state index is 12.2. The summed E-state index contributed by atoms with van der Waals surface area (Å²) < 4.78 is 1.01. The number of rotatable bonds is 4. The fraction of sp³-hybridized carbons (Fsp3) is 0.583. The van der Waals surface area contributed by atoms with Crippen LogP contribution in [-0.2, 0) is 0 Å². The lowest BCUT2D eigenvalue weighted by Gasteiger charge is -2.30. The summed E-state index contributed by atoms with van der Waals surface area (Å²) in [5.74, 6) is 0.516. The molecular formula is C12H17BrN2OS. The van der Waals surface area contributed by atoms with Gasteiger partial charge in [0.05, 0.1) is 4.88 Å². The molecule has 0 radical (unpaired) electrons. The van der Waals surface area contributed by atoms with E-state index in [0.29, 0.717) is 12.3 Å². The molecule has 2 N–H and O–H groups in total. The summed E-state index contributed by atoms with van der Waals surface area (Å²) in [5, 5.41) is 1.97. The minimum Gasteiger partial charge on any atom is -0.329 e. The van der Waals surface area contributed by atoms with Gasteiger partial charge in [0, 0.05) is 28.9 Å². The molecule has 17 heavy (non-hydrogen) atoms. The van der Waals surface area contributed by atoms with Gasteiger partial charge in [-0.25, -0.2) is 0 Å². The normalized spacial score (nSPS) is 18.5. The Morgan fingerprint density at radius 1 is 1.53 bits per heavy atom. The highest BCUT2D eigenvalue weighted by molar-refractivity contribution is 9.10. The van der Waals surface area contributed by atoms with Gasteiger partial charge in [-0.1, -0.05) is 0 Å². The molecule has 2 rings (SSSR count). The monoisotopic (exact) mass is 316 g/mol. The second kappa shape index (κ2) is 6.09. The zero-order valence-electron chi connectivity index (χ0n) is 9.69. The first kappa shape index (κ1) is 13.2. The summed E-state index contributed by atoms with van der Waals surface area (Å²) >= 11 is 4.92. The number of ketones is 1. The van der Waals surface area contributed by atoms with E-state index < -0.39 is 0 Å². The summed E-state index contributed by atoms with van der Waals surface area (Å²) in [6, 6.07) is 1.93. The molecular weight excluding hydrogens is 300 g/mol. The Labute approximate surface area is 114 Å². The average molecular weight is 317 g/mol. The Morgan fingerprint density at radius 3 is 2.76 bits per heavy atom. The fourth-order valence-electron chi connectivity index (χ4n) is 2.24. The molecule has 1 fully saturated rings. The first-order valence-corrected chi connectivity index (χ1v) is 7.58. The van der Waals surface area contributed by atoms with Gasteiger partial charge in [0.2, 0.25) is 0 Å². The van der Waals surface area contributed by atoms with Gasteiger partial charge < -0.3 is 10.6 Å². The second-order valence-corrected chi connectivity index (χ2v) is 6.22. The van der Waals surface area contributed by atoms with Crippen molar-refractivity contribution < 1.29 is 4.79 Å². The van der Waals surface area contributed by atoms with Crippen molar-refractivity contribution in [1.82, 2.24) is 4.90 Å². The van der Waals surface area contributed by atoms with Crippen molar-refractivity contribution in [3.63, 3.8) is 0 Å². The third kappa shape index (κ3) is 3.37. The lowest BCUT2D eigenvalue weighted by Crippen LogP contribution is -2.38. The quantitative estimate of drug-likeness (QED) is 0.867. The Bertz CT molecular complexity index is 386. The number of hydrogen-bond donors (Lipinski definition) is 1. The second-order valence-electron chi connectivity index (χ2n) is 4.40. The van der Waals surface area contributed by atoms with Crippen LogP contribution in [-0.4, -0.2) is 36.9 Å². The smallest absolute Gasteiger partial charge is 0.175 e. The predicted octanol–water partition coefficient (Wildman–Crippen LogP) is 2.36. The molecule has 1 aliphatic heterocycles. The van der Waals surface area contributed by atoms with E-state index in [2.05, 4.69) is 20.8 Å². The van der Waals surface area contributed by atoms with Crippen molar-refractivity contribution in [3.05, 3.63) is 20.8 Å². The molecule has 0 aromatic carbocycles. The van der Waals surface area contributed by atoms with Crippen molar-refractivity contribution >= 4 is 33.0 Å². The number of nitrogens with two attached hydrogens (primary N) is 1. The average Bonchev–Trinajstić information content (AvgIpc) is 2.76. The standard InChI is InChI=1S/C12H17BrN2OS/c13-10-7-11(17-8-10)12(16)9-1-4-15(5-2-9)6-3-14/h7-9H,1-6,14H2. The van der Waals surface area contributed by atoms with Gasteiger partial charge >= 0.3 is 0 Å². The van der Waals surface area contributed by atoms with Crippen LogP contribution in [0.5, 0.6) is 0 Å². The van der Waals surface area contributed by atoms with Crippen molar-refractivity contribution in [1.29, 1.82) is 0 Å². The van der Waals surface area contributed by atoms with Crippen LogP contribution in [0.2, 0.25) is 0 Å². The molecule has 5 heteroatoms. The van der Waals surface area contributed by atoms with Gasteiger partial charge in [0.25, 0.3) is 0 Å². The van der Waals surface area contributed by atoms with Crippen LogP contribution >= 0.6 is 27.3 Å². The van der Waals surface area contributed by atoms with E-state index in [1.54, 1.807) is 0 Å². The predicted molar refractivity (Wildman–Crippen MR) is 74.6 cm³/mol. The number of halogens is 1. The molecule has 1 saturated heterocycles. The van der Waals surface area contributed by atoms with E-state index >= 15 is 0 Å². The van der Waals surface area contributed by atoms with Crippen LogP contribution in [0, 0.1) is 5.92 Å². The summed E-state index contributed by atoms with van der Waals surface area (Å²) in [6.45, 7) is 3.66. The van der Waals surface area contributed by atoms with Crippen LogP contribution in [0.15, 0.2) is 15.9 Å². The molecule has 1 aromatic heterocycles. The minimum atomic E-state index is 0.203. The van der Waals surface area contributed by atoms with Gasteiger partial charge in [0.15, 0.2) is 5.78 Å². The largest absolute Gasteiger partial charge is 0.329 e. The lowest BCUT2D eigenvalue weighted by molar-refractivity contribution is 0.0847. The lowest BCUT2D eigenvalue weighted by atomic mass is 9.92. The van der Waals surface area contributed by atoms with Crippen molar-refractivity contribution in [2.45, 2.75) is 12.8 Å². The maximum atomic E-state index is 12.2. The molecule has 2 heterocycles. The molecule has 0 aliphatic carbocycles. The van der Waals surface area contributed by atoms with Crippen molar-refractivity contribution in [2.75, 3.05) is 26.2 Å². The minimum absolute atomic E-state index is 0.203. The third-order valence-electron chi connectivity index (χ3n) is 3.21. The SMILES string of the molecule is NCCN1CCC(C(=O)c2cc(Br)cs2)CC1. The first-order valence-electron chi connectivity index (χ1n) is 5.91. The van der Waals surface area contributed by atoms with Crippen molar-refractivity contribution in [3.8, 4) is 0 Å². The maximum Gasteiger partial charge on any atom is 0.175 e. The van der Waals surface area contributed by atoms with E-state index in [1.165, 1.54) is 11.3 Å². The van der Waals surface area contributed by atoms with Gasteiger partial charge in [-0.05, 0) is 47.9 Å². The number of carbonyl (C=O) groups is 1. The number of piperidine rings is 1. The topological polar surface area (TPSA) is 46.3 Å². The summed E-state index contributed by atoms with van der Waals surface area (Å²) in [7, 11) is 0. The van der Waals surface area contributed by atoms with Gasteiger partial charge in [-0.3, -0.25) is 4.79 Å². The van der Waals surface area contributed by atoms with Crippen LogP contribution in [0.4, 0.5) is 0 Å². The van der Waals surface area contributed by atoms with Gasteiger partial charge in [0.1, 0.15) is 0 Å². The number of thiophene rings is 1. The number of nitrogens with zero attached hydrogens (tertiary/aromatic N) is 1. The molecule has 0 atom stereocenters. The number of likely N-dealkylation sites (tertiary alicyclic amines) is 1. The summed E-state index contributed by atoms with van der Waals surface area (Å²) in [5.41, 5.74) is 5.54. The molecule has 0 amide bonds. The van der Waals surface area contributed by atoms with Gasteiger partial charge in [-0.15, -0.1) is 11.3 Å². The highest BCUT2D eigenvalue weighted by Crippen LogP contribution is 2.27. The Hall–Kier alpha value is -0.230. The number of hydrogen-bond acceptors (Lipinski definition) is 4.